The van der Waals surface area contributed by atoms with E-state index in [1.165, 1.54) is 16.5 Å². The Bertz CT molecular complexity index is 884. The van der Waals surface area contributed by atoms with Crippen molar-refractivity contribution in [3.8, 4) is 5.75 Å². The molecule has 0 saturated heterocycles. The molecule has 120 valence electrons. The van der Waals surface area contributed by atoms with Crippen molar-refractivity contribution in [2.45, 2.75) is 20.0 Å². The van der Waals surface area contributed by atoms with Gasteiger partial charge < -0.3 is 9.67 Å². The fraction of sp³-hybridized carbons (Fsp3) is 0.312. The lowest BCUT2D eigenvalue weighted by Crippen LogP contribution is -2.25. The van der Waals surface area contributed by atoms with Crippen LogP contribution in [0.25, 0.3) is 5.65 Å². The Labute approximate surface area is 133 Å². The first-order valence-electron chi connectivity index (χ1n) is 7.41. The zero-order valence-corrected chi connectivity index (χ0v) is 13.2. The van der Waals surface area contributed by atoms with Crippen LogP contribution in [-0.2, 0) is 13.1 Å². The topological polar surface area (TPSA) is 75.7 Å². The van der Waals surface area contributed by atoms with E-state index in [9.17, 15) is 9.90 Å². The number of hydrogen-bond acceptors (Lipinski definition) is 5. The lowest BCUT2D eigenvalue weighted by molar-refractivity contribution is 0.306. The van der Waals surface area contributed by atoms with Gasteiger partial charge in [0.25, 0.3) is 5.56 Å². The maximum atomic E-state index is 12.1. The molecule has 3 heterocycles. The van der Waals surface area contributed by atoms with Gasteiger partial charge in [-0.3, -0.25) is 14.1 Å². The molecule has 0 fully saturated rings. The number of fused-ring (bicyclic) bond motifs is 1. The van der Waals surface area contributed by atoms with Gasteiger partial charge in [0.15, 0.2) is 11.4 Å². The molecule has 0 bridgehead atoms. The summed E-state index contributed by atoms with van der Waals surface area (Å²) in [7, 11) is 1.97. The van der Waals surface area contributed by atoms with Gasteiger partial charge in [-0.1, -0.05) is 0 Å². The zero-order valence-electron chi connectivity index (χ0n) is 13.2. The van der Waals surface area contributed by atoms with E-state index in [1.807, 2.05) is 20.2 Å². The largest absolute Gasteiger partial charge is 0.504 e. The summed E-state index contributed by atoms with van der Waals surface area (Å²) < 4.78 is 3.42. The van der Waals surface area contributed by atoms with Crippen molar-refractivity contribution in [1.29, 1.82) is 0 Å². The molecule has 3 aromatic heterocycles. The van der Waals surface area contributed by atoms with Crippen molar-refractivity contribution >= 4 is 5.65 Å². The minimum atomic E-state index is -0.195. The average molecular weight is 313 g/mol. The summed E-state index contributed by atoms with van der Waals surface area (Å²) >= 11 is 0. The van der Waals surface area contributed by atoms with Gasteiger partial charge in [-0.25, -0.2) is 9.97 Å². The molecule has 3 rings (SSSR count). The standard InChI is InChI=1S/C16H19N5O2/c1-12-17-5-7-20(12)9-8-19(2)11-13-10-15(23)21-6-3-4-14(22)16(21)18-13/h3-7,10,22H,8-9,11H2,1-2H3. The molecule has 0 atom stereocenters. The van der Waals surface area contributed by atoms with Gasteiger partial charge >= 0.3 is 0 Å². The normalized spacial score (nSPS) is 11.4. The molecule has 0 aliphatic carbocycles. The smallest absolute Gasteiger partial charge is 0.258 e. The van der Waals surface area contributed by atoms with Crippen molar-refractivity contribution in [3.05, 3.63) is 58.7 Å². The number of nitrogens with zero attached hydrogens (tertiary/aromatic N) is 5. The Morgan fingerprint density at radius 2 is 2.17 bits per heavy atom. The quantitative estimate of drug-likeness (QED) is 0.761. The van der Waals surface area contributed by atoms with E-state index >= 15 is 0 Å². The maximum Gasteiger partial charge on any atom is 0.258 e. The van der Waals surface area contributed by atoms with Crippen molar-refractivity contribution in [3.63, 3.8) is 0 Å². The molecular formula is C16H19N5O2. The van der Waals surface area contributed by atoms with E-state index in [2.05, 4.69) is 19.4 Å². The molecule has 0 amide bonds. The number of hydrogen-bond donors (Lipinski definition) is 1. The number of imidazole rings is 1. The Kier molecular flexibility index (Phi) is 4.12. The van der Waals surface area contributed by atoms with E-state index in [1.54, 1.807) is 18.5 Å². The van der Waals surface area contributed by atoms with Gasteiger partial charge in [-0.15, -0.1) is 0 Å². The van der Waals surface area contributed by atoms with E-state index < -0.39 is 0 Å². The van der Waals surface area contributed by atoms with Crippen LogP contribution in [0.3, 0.4) is 0 Å². The number of aryl methyl sites for hydroxylation is 1. The molecule has 7 nitrogen and oxygen atoms in total. The highest BCUT2D eigenvalue weighted by molar-refractivity contribution is 5.52. The second-order valence-corrected chi connectivity index (χ2v) is 5.58. The number of likely N-dealkylation sites (N-methyl/N-ethyl adjacent to an activating group) is 1. The van der Waals surface area contributed by atoms with Gasteiger partial charge in [0.1, 0.15) is 5.82 Å². The van der Waals surface area contributed by atoms with Crippen molar-refractivity contribution < 1.29 is 5.11 Å². The third-order valence-electron chi connectivity index (χ3n) is 3.80. The number of pyridine rings is 1. The van der Waals surface area contributed by atoms with E-state index in [4.69, 9.17) is 0 Å². The van der Waals surface area contributed by atoms with Gasteiger partial charge in [0.2, 0.25) is 0 Å². The second kappa shape index (κ2) is 6.21. The summed E-state index contributed by atoms with van der Waals surface area (Å²) in [5.41, 5.74) is 0.731. The summed E-state index contributed by atoms with van der Waals surface area (Å²) in [6.07, 6.45) is 5.32. The third-order valence-corrected chi connectivity index (χ3v) is 3.80. The Balaban J connectivity index is 1.75. The summed E-state index contributed by atoms with van der Waals surface area (Å²) in [5, 5.41) is 9.87. The van der Waals surface area contributed by atoms with Crippen molar-refractivity contribution in [2.75, 3.05) is 13.6 Å². The van der Waals surface area contributed by atoms with Crippen LogP contribution in [-0.4, -0.2) is 42.5 Å². The van der Waals surface area contributed by atoms with E-state index in [0.29, 0.717) is 12.2 Å². The van der Waals surface area contributed by atoms with Crippen molar-refractivity contribution in [2.24, 2.45) is 0 Å². The summed E-state index contributed by atoms with van der Waals surface area (Å²) in [6, 6.07) is 4.65. The van der Waals surface area contributed by atoms with Crippen LogP contribution in [0.4, 0.5) is 0 Å². The van der Waals surface area contributed by atoms with Gasteiger partial charge in [-0.2, -0.15) is 0 Å². The molecule has 7 heteroatoms. The van der Waals surface area contributed by atoms with Crippen LogP contribution < -0.4 is 5.56 Å². The first kappa shape index (κ1) is 15.2. The summed E-state index contributed by atoms with van der Waals surface area (Å²) in [6.45, 7) is 4.13. The first-order valence-corrected chi connectivity index (χ1v) is 7.41. The fourth-order valence-electron chi connectivity index (χ4n) is 2.51. The SMILES string of the molecule is Cc1nccn1CCN(C)Cc1cc(=O)n2cccc(O)c2n1. The Morgan fingerprint density at radius 3 is 2.91 bits per heavy atom. The van der Waals surface area contributed by atoms with E-state index in [0.717, 1.165) is 18.9 Å². The first-order chi connectivity index (χ1) is 11.0. The minimum absolute atomic E-state index is 0.00291. The highest BCUT2D eigenvalue weighted by Crippen LogP contribution is 2.14. The molecule has 0 unspecified atom stereocenters. The summed E-state index contributed by atoms with van der Waals surface area (Å²) in [5.74, 6) is 0.980. The van der Waals surface area contributed by atoms with Crippen LogP contribution >= 0.6 is 0 Å². The molecular weight excluding hydrogens is 294 g/mol. The molecule has 1 N–H and O–H groups in total. The number of aromatic nitrogens is 4. The molecule has 0 aromatic carbocycles. The van der Waals surface area contributed by atoms with Crippen LogP contribution in [0.5, 0.6) is 5.75 Å². The van der Waals surface area contributed by atoms with Crippen molar-refractivity contribution in [1.82, 2.24) is 23.8 Å². The maximum absolute atomic E-state index is 12.1. The third kappa shape index (κ3) is 3.24. The van der Waals surface area contributed by atoms with Crippen LogP contribution in [0.2, 0.25) is 0 Å². The van der Waals surface area contributed by atoms with E-state index in [-0.39, 0.29) is 17.0 Å². The highest BCUT2D eigenvalue weighted by Gasteiger charge is 2.08. The Hall–Kier alpha value is -2.67. The molecule has 0 aliphatic heterocycles. The lowest BCUT2D eigenvalue weighted by atomic mass is 10.3. The molecule has 0 aliphatic rings. The number of rotatable bonds is 5. The van der Waals surface area contributed by atoms with Crippen LogP contribution in [0.1, 0.15) is 11.5 Å². The molecule has 3 aromatic rings. The van der Waals surface area contributed by atoms with Gasteiger partial charge in [0.05, 0.1) is 5.69 Å². The molecule has 0 spiro atoms. The Morgan fingerprint density at radius 1 is 1.35 bits per heavy atom. The monoisotopic (exact) mass is 313 g/mol. The average Bonchev–Trinajstić information content (AvgIpc) is 2.92. The minimum Gasteiger partial charge on any atom is -0.504 e. The molecule has 0 saturated carbocycles. The highest BCUT2D eigenvalue weighted by atomic mass is 16.3. The lowest BCUT2D eigenvalue weighted by Gasteiger charge is -2.17. The molecule has 0 radical (unpaired) electrons. The van der Waals surface area contributed by atoms with Crippen LogP contribution in [0, 0.1) is 6.92 Å². The van der Waals surface area contributed by atoms with Gasteiger partial charge in [0, 0.05) is 44.3 Å². The summed E-state index contributed by atoms with van der Waals surface area (Å²) in [4.78, 5) is 22.8. The van der Waals surface area contributed by atoms with Crippen LogP contribution in [0.15, 0.2) is 41.6 Å². The number of aromatic hydroxyl groups is 1. The second-order valence-electron chi connectivity index (χ2n) is 5.58. The van der Waals surface area contributed by atoms with Gasteiger partial charge in [-0.05, 0) is 26.1 Å². The fourth-order valence-corrected chi connectivity index (χ4v) is 2.51. The predicted molar refractivity (Wildman–Crippen MR) is 86.4 cm³/mol. The zero-order chi connectivity index (χ0) is 16.4. The molecule has 23 heavy (non-hydrogen) atoms. The predicted octanol–water partition coefficient (Wildman–Crippen LogP) is 1.04.